The Kier molecular flexibility index (Phi) is 8.98. The van der Waals surface area contributed by atoms with Crippen molar-refractivity contribution >= 4 is 16.0 Å². The van der Waals surface area contributed by atoms with E-state index < -0.39 is 21.4 Å². The smallest absolute Gasteiger partial charge is 0.246 e. The van der Waals surface area contributed by atoms with Crippen LogP contribution in [0, 0.1) is 0 Å². The third-order valence-electron chi connectivity index (χ3n) is 6.62. The van der Waals surface area contributed by atoms with Crippen molar-refractivity contribution in [3.63, 3.8) is 0 Å². The van der Waals surface area contributed by atoms with Gasteiger partial charge in [-0.05, 0) is 38.1 Å². The molecule has 2 atom stereocenters. The first kappa shape index (κ1) is 29.6. The number of pyridine rings is 1. The summed E-state index contributed by atoms with van der Waals surface area (Å²) in [5.41, 5.74) is 1.08. The van der Waals surface area contributed by atoms with E-state index in [9.17, 15) is 13.5 Å². The lowest BCUT2D eigenvalue weighted by molar-refractivity contribution is 0.171. The number of ether oxygens (including phenoxy) is 4. The van der Waals surface area contributed by atoms with Crippen molar-refractivity contribution in [2.24, 2.45) is 0 Å². The van der Waals surface area contributed by atoms with Crippen molar-refractivity contribution in [1.29, 1.82) is 0 Å². The average Bonchev–Trinajstić information content (AvgIpc) is 3.43. The van der Waals surface area contributed by atoms with Gasteiger partial charge in [-0.2, -0.15) is 0 Å². The molecule has 2 aromatic carbocycles. The second-order valence-corrected chi connectivity index (χ2v) is 11.1. The minimum atomic E-state index is -4.25. The molecule has 0 saturated heterocycles. The van der Waals surface area contributed by atoms with Gasteiger partial charge in [-0.25, -0.2) is 17.7 Å². The molecular formula is C28H33N5O7S. The van der Waals surface area contributed by atoms with Crippen LogP contribution in [-0.2, 0) is 10.0 Å². The summed E-state index contributed by atoms with van der Waals surface area (Å²) in [5.74, 6) is 1.63. The number of para-hydroxylation sites is 2. The molecule has 0 bridgehead atoms. The maximum absolute atomic E-state index is 14.2. The number of anilines is 1. The second-order valence-electron chi connectivity index (χ2n) is 8.84. The van der Waals surface area contributed by atoms with Crippen molar-refractivity contribution in [2.75, 3.05) is 39.3 Å². The third kappa shape index (κ3) is 5.50. The van der Waals surface area contributed by atoms with Crippen LogP contribution >= 0.6 is 0 Å². The zero-order valence-electron chi connectivity index (χ0n) is 23.7. The molecule has 0 amide bonds. The summed E-state index contributed by atoms with van der Waals surface area (Å²) in [7, 11) is 1.68. The Labute approximate surface area is 239 Å². The molecular weight excluding hydrogens is 550 g/mol. The lowest BCUT2D eigenvalue weighted by Gasteiger charge is -2.29. The Balaban J connectivity index is 1.94. The highest BCUT2D eigenvalue weighted by molar-refractivity contribution is 7.93. The van der Waals surface area contributed by atoms with E-state index in [0.29, 0.717) is 40.1 Å². The number of hydrogen-bond acceptors (Lipinski definition) is 10. The summed E-state index contributed by atoms with van der Waals surface area (Å²) in [6.45, 7) is 3.08. The number of benzene rings is 2. The van der Waals surface area contributed by atoms with Crippen molar-refractivity contribution in [3.05, 3.63) is 66.2 Å². The molecule has 0 unspecified atom stereocenters. The monoisotopic (exact) mass is 583 g/mol. The summed E-state index contributed by atoms with van der Waals surface area (Å²) < 4.78 is 52.9. The van der Waals surface area contributed by atoms with E-state index >= 15 is 0 Å². The van der Waals surface area contributed by atoms with E-state index in [4.69, 9.17) is 18.9 Å². The molecule has 4 rings (SSSR count). The Morgan fingerprint density at radius 3 is 2.07 bits per heavy atom. The molecule has 0 saturated carbocycles. The minimum Gasteiger partial charge on any atom is -0.496 e. The van der Waals surface area contributed by atoms with Gasteiger partial charge in [0.25, 0.3) is 0 Å². The van der Waals surface area contributed by atoms with Crippen LogP contribution in [0.4, 0.5) is 5.95 Å². The van der Waals surface area contributed by atoms with Crippen LogP contribution in [0.5, 0.6) is 23.1 Å². The Hall–Kier alpha value is -4.36. The fourth-order valence-electron chi connectivity index (χ4n) is 4.48. The van der Waals surface area contributed by atoms with E-state index in [1.165, 1.54) is 39.9 Å². The van der Waals surface area contributed by atoms with Crippen LogP contribution in [0.15, 0.2) is 60.7 Å². The van der Waals surface area contributed by atoms with Crippen LogP contribution in [-0.4, -0.2) is 73.5 Å². The van der Waals surface area contributed by atoms with Crippen LogP contribution in [0.25, 0.3) is 17.2 Å². The van der Waals surface area contributed by atoms with E-state index in [1.807, 2.05) is 0 Å². The third-order valence-corrected chi connectivity index (χ3v) is 8.86. The highest BCUT2D eigenvalue weighted by Crippen LogP contribution is 2.40. The summed E-state index contributed by atoms with van der Waals surface area (Å²) in [4.78, 5) is 4.49. The summed E-state index contributed by atoms with van der Waals surface area (Å²) in [6.07, 6.45) is -1.40. The molecule has 2 aromatic heterocycles. The maximum atomic E-state index is 14.2. The molecule has 12 nitrogen and oxygen atoms in total. The van der Waals surface area contributed by atoms with Crippen molar-refractivity contribution in [2.45, 2.75) is 25.2 Å². The van der Waals surface area contributed by atoms with Crippen molar-refractivity contribution < 1.29 is 32.5 Å². The highest BCUT2D eigenvalue weighted by Gasteiger charge is 2.39. The maximum Gasteiger partial charge on any atom is 0.246 e. The second kappa shape index (κ2) is 12.4. The van der Waals surface area contributed by atoms with Crippen LogP contribution in [0.3, 0.4) is 0 Å². The van der Waals surface area contributed by atoms with Crippen molar-refractivity contribution in [1.82, 2.24) is 19.7 Å². The molecule has 0 spiro atoms. The fraction of sp³-hybridized carbons (Fsp3) is 0.321. The lowest BCUT2D eigenvalue weighted by atomic mass is 10.1. The fourth-order valence-corrected chi connectivity index (χ4v) is 6.06. The predicted molar refractivity (Wildman–Crippen MR) is 154 cm³/mol. The molecule has 13 heteroatoms. The number of aliphatic hydroxyl groups excluding tert-OH is 1. The molecule has 0 aliphatic heterocycles. The summed E-state index contributed by atoms with van der Waals surface area (Å²) in [5, 5.41) is 18.6. The molecule has 0 aliphatic carbocycles. The van der Waals surface area contributed by atoms with Gasteiger partial charge in [0, 0.05) is 18.2 Å². The molecule has 0 aliphatic rings. The van der Waals surface area contributed by atoms with Gasteiger partial charge in [0.2, 0.25) is 21.9 Å². The summed E-state index contributed by atoms with van der Waals surface area (Å²) >= 11 is 0. The van der Waals surface area contributed by atoms with E-state index in [-0.39, 0.29) is 18.3 Å². The minimum absolute atomic E-state index is 0.0214. The molecule has 2 heterocycles. The molecule has 4 aromatic rings. The molecule has 41 heavy (non-hydrogen) atoms. The van der Waals surface area contributed by atoms with Gasteiger partial charge in [0.1, 0.15) is 40.0 Å². The van der Waals surface area contributed by atoms with Crippen molar-refractivity contribution in [3.8, 4) is 40.3 Å². The molecule has 218 valence electrons. The Morgan fingerprint density at radius 1 is 0.854 bits per heavy atom. The van der Waals surface area contributed by atoms with Gasteiger partial charge in [-0.1, -0.05) is 30.3 Å². The van der Waals surface area contributed by atoms with Crippen LogP contribution in [0.1, 0.15) is 25.5 Å². The zero-order chi connectivity index (χ0) is 29.7. The Morgan fingerprint density at radius 2 is 1.46 bits per heavy atom. The van der Waals surface area contributed by atoms with Gasteiger partial charge in [0.05, 0.1) is 28.4 Å². The number of hydrogen-bond donors (Lipinski definition) is 1. The van der Waals surface area contributed by atoms with Gasteiger partial charge in [0.15, 0.2) is 5.82 Å². The van der Waals surface area contributed by atoms with Gasteiger partial charge >= 0.3 is 0 Å². The number of methoxy groups -OCH3 is 4. The lowest BCUT2D eigenvalue weighted by Crippen LogP contribution is -2.41. The first-order chi connectivity index (χ1) is 19.7. The number of sulfonamides is 1. The number of nitrogens with zero attached hydrogens (tertiary/aromatic N) is 5. The number of aliphatic hydroxyl groups is 1. The Bertz CT molecular complexity index is 1590. The van der Waals surface area contributed by atoms with Gasteiger partial charge in [-0.3, -0.25) is 4.57 Å². The molecule has 0 fully saturated rings. The first-order valence-corrected chi connectivity index (χ1v) is 14.2. The van der Waals surface area contributed by atoms with E-state index in [1.54, 1.807) is 67.6 Å². The quantitative estimate of drug-likeness (QED) is 0.263. The zero-order valence-corrected chi connectivity index (χ0v) is 24.5. The summed E-state index contributed by atoms with van der Waals surface area (Å²) in [6, 6.07) is 17.0. The van der Waals surface area contributed by atoms with Crippen LogP contribution in [0.2, 0.25) is 0 Å². The topological polar surface area (TPSA) is 138 Å². The van der Waals surface area contributed by atoms with Gasteiger partial charge < -0.3 is 24.1 Å². The largest absolute Gasteiger partial charge is 0.496 e. The predicted octanol–water partition coefficient (Wildman–Crippen LogP) is 3.64. The normalized spacial score (nSPS) is 12.9. The number of rotatable bonds is 12. The number of aromatic nitrogens is 4. The standard InChI is InChI=1S/C28H33N5O7S/c1-7-32(41(35,36)18(2)26(34)19-12-8-9-14-21(19)37-3)28-31-30-27(20-13-10-17-24(29-20)40-6)33(28)25-22(38-4)15-11-16-23(25)39-5/h8-18,26,34H,7H2,1-6H3/t18-,26+/m0/s1. The van der Waals surface area contributed by atoms with E-state index in [0.717, 1.165) is 4.31 Å². The first-order valence-electron chi connectivity index (χ1n) is 12.7. The van der Waals surface area contributed by atoms with E-state index in [2.05, 4.69) is 15.2 Å². The van der Waals surface area contributed by atoms with Gasteiger partial charge in [-0.15, -0.1) is 10.2 Å². The van der Waals surface area contributed by atoms with Crippen LogP contribution < -0.4 is 23.3 Å². The molecule has 1 N–H and O–H groups in total. The molecule has 0 radical (unpaired) electrons. The average molecular weight is 584 g/mol. The SMILES string of the molecule is CCN(c1nnc(-c2cccc(OC)n2)n1-c1c(OC)cccc1OC)S(=O)(=O)[C@@H](C)[C@@H](O)c1ccccc1OC. The highest BCUT2D eigenvalue weighted by atomic mass is 32.2.